The van der Waals surface area contributed by atoms with Gasteiger partial charge >= 0.3 is 0 Å². The van der Waals surface area contributed by atoms with Crippen LogP contribution in [-0.4, -0.2) is 19.7 Å². The molecule has 2 aromatic heterocycles. The molecule has 0 unspecified atom stereocenters. The van der Waals surface area contributed by atoms with E-state index in [1.165, 1.54) is 6.07 Å². The van der Waals surface area contributed by atoms with Crippen molar-refractivity contribution >= 4 is 11.6 Å². The monoisotopic (exact) mass is 266 g/mol. The summed E-state index contributed by atoms with van der Waals surface area (Å²) in [5, 5.41) is 4.03. The van der Waals surface area contributed by atoms with Gasteiger partial charge < -0.3 is 4.52 Å². The molecular formula is C11H11ClN4O2. The first kappa shape index (κ1) is 11.4. The highest BCUT2D eigenvalue weighted by molar-refractivity contribution is 6.29. The van der Waals surface area contributed by atoms with Crippen LogP contribution in [0.5, 0.6) is 0 Å². The Hall–Kier alpha value is -1.69. The molecule has 2 heterocycles. The van der Waals surface area contributed by atoms with Crippen LogP contribution in [0.15, 0.2) is 15.4 Å². The van der Waals surface area contributed by atoms with E-state index in [1.807, 2.05) is 0 Å². The van der Waals surface area contributed by atoms with E-state index in [4.69, 9.17) is 16.1 Å². The maximum absolute atomic E-state index is 12.0. The van der Waals surface area contributed by atoms with Crippen LogP contribution in [0.2, 0.25) is 5.15 Å². The lowest BCUT2D eigenvalue weighted by Crippen LogP contribution is -2.25. The second kappa shape index (κ2) is 4.20. The van der Waals surface area contributed by atoms with Gasteiger partial charge in [-0.25, -0.2) is 4.98 Å². The molecule has 3 rings (SSSR count). The highest BCUT2D eigenvalue weighted by Gasteiger charge is 2.29. The molecule has 0 saturated heterocycles. The minimum Gasteiger partial charge on any atom is -0.340 e. The van der Waals surface area contributed by atoms with Gasteiger partial charge in [-0.05, 0) is 12.8 Å². The fraction of sp³-hybridized carbons (Fsp3) is 0.455. The summed E-state index contributed by atoms with van der Waals surface area (Å²) in [6.45, 7) is 1.98. The number of hydrogen-bond acceptors (Lipinski definition) is 5. The fourth-order valence-corrected chi connectivity index (χ4v) is 2.03. The van der Waals surface area contributed by atoms with Gasteiger partial charge in [-0.15, -0.1) is 0 Å². The van der Waals surface area contributed by atoms with Gasteiger partial charge in [-0.1, -0.05) is 16.8 Å². The van der Waals surface area contributed by atoms with Gasteiger partial charge in [-0.2, -0.15) is 4.98 Å². The molecule has 7 heteroatoms. The van der Waals surface area contributed by atoms with Crippen LogP contribution >= 0.6 is 11.6 Å². The van der Waals surface area contributed by atoms with Crippen molar-refractivity contribution in [1.29, 1.82) is 0 Å². The van der Waals surface area contributed by atoms with E-state index in [-0.39, 0.29) is 17.3 Å². The quantitative estimate of drug-likeness (QED) is 0.788. The number of hydrogen-bond donors (Lipinski definition) is 0. The van der Waals surface area contributed by atoms with Crippen molar-refractivity contribution in [2.24, 2.45) is 0 Å². The van der Waals surface area contributed by atoms with Crippen LogP contribution in [0, 0.1) is 6.92 Å². The van der Waals surface area contributed by atoms with E-state index in [9.17, 15) is 4.79 Å². The Kier molecular flexibility index (Phi) is 2.66. The average Bonchev–Trinajstić information content (AvgIpc) is 3.06. The molecule has 1 aliphatic carbocycles. The molecular weight excluding hydrogens is 256 g/mol. The van der Waals surface area contributed by atoms with Crippen molar-refractivity contribution in [2.45, 2.75) is 32.2 Å². The molecule has 1 fully saturated rings. The third-order valence-corrected chi connectivity index (χ3v) is 3.01. The zero-order valence-electron chi connectivity index (χ0n) is 9.76. The summed E-state index contributed by atoms with van der Waals surface area (Å²) in [5.74, 6) is 1.99. The standard InChI is InChI=1S/C11H11ClN4O2/c1-6-13-9(15-18-6)5-16-10(17)4-8(12)14-11(16)7-2-3-7/h4,7H,2-3,5H2,1H3. The Morgan fingerprint density at radius 1 is 1.50 bits per heavy atom. The first-order chi connectivity index (χ1) is 8.63. The van der Waals surface area contributed by atoms with Crippen molar-refractivity contribution in [3.8, 4) is 0 Å². The minimum atomic E-state index is -0.181. The lowest BCUT2D eigenvalue weighted by molar-refractivity contribution is 0.385. The summed E-state index contributed by atoms with van der Waals surface area (Å²) in [7, 11) is 0. The van der Waals surface area contributed by atoms with Gasteiger partial charge in [0.15, 0.2) is 5.82 Å². The Labute approximate surface area is 108 Å². The first-order valence-corrected chi connectivity index (χ1v) is 6.08. The predicted molar refractivity (Wildman–Crippen MR) is 63.6 cm³/mol. The molecule has 94 valence electrons. The largest absolute Gasteiger partial charge is 0.340 e. The number of rotatable bonds is 3. The van der Waals surface area contributed by atoms with Gasteiger partial charge in [0.25, 0.3) is 5.56 Å². The molecule has 0 spiro atoms. The van der Waals surface area contributed by atoms with Crippen molar-refractivity contribution in [3.05, 3.63) is 39.1 Å². The van der Waals surface area contributed by atoms with Crippen LogP contribution in [0.3, 0.4) is 0 Å². The molecule has 18 heavy (non-hydrogen) atoms. The maximum atomic E-state index is 12.0. The van der Waals surface area contributed by atoms with E-state index in [0.29, 0.717) is 17.6 Å². The molecule has 1 saturated carbocycles. The van der Waals surface area contributed by atoms with Crippen LogP contribution < -0.4 is 5.56 Å². The summed E-state index contributed by atoms with van der Waals surface area (Å²) in [5.41, 5.74) is -0.181. The van der Waals surface area contributed by atoms with Crippen LogP contribution in [0.4, 0.5) is 0 Å². The van der Waals surface area contributed by atoms with Crippen molar-refractivity contribution in [3.63, 3.8) is 0 Å². The van der Waals surface area contributed by atoms with Gasteiger partial charge in [0.1, 0.15) is 11.0 Å². The molecule has 0 radical (unpaired) electrons. The summed E-state index contributed by atoms with van der Waals surface area (Å²) in [6.07, 6.45) is 2.08. The van der Waals surface area contributed by atoms with E-state index in [0.717, 1.165) is 18.7 Å². The van der Waals surface area contributed by atoms with E-state index < -0.39 is 0 Å². The average molecular weight is 267 g/mol. The Morgan fingerprint density at radius 3 is 2.89 bits per heavy atom. The number of nitrogens with zero attached hydrogens (tertiary/aromatic N) is 4. The summed E-state index contributed by atoms with van der Waals surface area (Å²) in [4.78, 5) is 20.3. The molecule has 0 bridgehead atoms. The lowest BCUT2D eigenvalue weighted by atomic mass is 10.3. The van der Waals surface area contributed by atoms with Crippen LogP contribution in [-0.2, 0) is 6.54 Å². The second-order valence-corrected chi connectivity index (χ2v) is 4.75. The molecule has 2 aromatic rings. The van der Waals surface area contributed by atoms with Crippen LogP contribution in [0.25, 0.3) is 0 Å². The zero-order chi connectivity index (χ0) is 12.7. The summed E-state index contributed by atoms with van der Waals surface area (Å²) in [6, 6.07) is 1.31. The molecule has 6 nitrogen and oxygen atoms in total. The summed E-state index contributed by atoms with van der Waals surface area (Å²) < 4.78 is 6.46. The number of aromatic nitrogens is 4. The second-order valence-electron chi connectivity index (χ2n) is 4.37. The van der Waals surface area contributed by atoms with Gasteiger partial charge in [-0.3, -0.25) is 9.36 Å². The normalized spacial score (nSPS) is 15.0. The minimum absolute atomic E-state index is 0.181. The van der Waals surface area contributed by atoms with E-state index in [1.54, 1.807) is 11.5 Å². The van der Waals surface area contributed by atoms with E-state index in [2.05, 4.69) is 15.1 Å². The Balaban J connectivity index is 2.02. The van der Waals surface area contributed by atoms with Gasteiger partial charge in [0.05, 0.1) is 6.54 Å². The van der Waals surface area contributed by atoms with E-state index >= 15 is 0 Å². The third-order valence-electron chi connectivity index (χ3n) is 2.82. The zero-order valence-corrected chi connectivity index (χ0v) is 10.5. The van der Waals surface area contributed by atoms with Crippen molar-refractivity contribution < 1.29 is 4.52 Å². The first-order valence-electron chi connectivity index (χ1n) is 5.70. The Bertz CT molecular complexity index is 645. The van der Waals surface area contributed by atoms with Gasteiger partial charge in [0.2, 0.25) is 5.89 Å². The highest BCUT2D eigenvalue weighted by Crippen LogP contribution is 2.38. The van der Waals surface area contributed by atoms with Crippen LogP contribution in [0.1, 0.15) is 36.3 Å². The Morgan fingerprint density at radius 2 is 2.28 bits per heavy atom. The smallest absolute Gasteiger partial charge is 0.255 e. The number of aryl methyl sites for hydroxylation is 1. The lowest BCUT2D eigenvalue weighted by Gasteiger charge is -2.09. The molecule has 0 atom stereocenters. The molecule has 0 N–H and O–H groups in total. The number of halogens is 1. The SMILES string of the molecule is Cc1nc(Cn2c(C3CC3)nc(Cl)cc2=O)no1. The summed E-state index contributed by atoms with van der Waals surface area (Å²) >= 11 is 5.83. The maximum Gasteiger partial charge on any atom is 0.255 e. The topological polar surface area (TPSA) is 73.8 Å². The molecule has 0 aromatic carbocycles. The third kappa shape index (κ3) is 2.15. The molecule has 0 amide bonds. The fourth-order valence-electron chi connectivity index (χ4n) is 1.85. The van der Waals surface area contributed by atoms with Crippen molar-refractivity contribution in [2.75, 3.05) is 0 Å². The van der Waals surface area contributed by atoms with Gasteiger partial charge in [0, 0.05) is 18.9 Å². The predicted octanol–water partition coefficient (Wildman–Crippen LogP) is 1.51. The molecule has 0 aliphatic heterocycles. The van der Waals surface area contributed by atoms with Crippen molar-refractivity contribution in [1.82, 2.24) is 19.7 Å². The highest BCUT2D eigenvalue weighted by atomic mass is 35.5. The molecule has 1 aliphatic rings.